The molecule has 1 aromatic heterocycles. The van der Waals surface area contributed by atoms with Crippen molar-refractivity contribution in [2.45, 2.75) is 5.60 Å². The summed E-state index contributed by atoms with van der Waals surface area (Å²) < 4.78 is 6.38. The molecule has 0 saturated carbocycles. The minimum atomic E-state index is -1.32. The molecule has 1 amide bonds. The van der Waals surface area contributed by atoms with E-state index in [0.717, 1.165) is 11.3 Å². The monoisotopic (exact) mass is 342 g/mol. The Kier molecular flexibility index (Phi) is 4.01. The molecule has 4 nitrogen and oxygen atoms in total. The maximum Gasteiger partial charge on any atom is 0.282 e. The SMILES string of the molecule is C=CCN1C(=O)[C@](Oc2ccccc2)(c2ccccn2)c2ccccc21. The van der Waals surface area contributed by atoms with E-state index in [9.17, 15) is 4.79 Å². The summed E-state index contributed by atoms with van der Waals surface area (Å²) in [6.07, 6.45) is 3.39. The number of hydrogen-bond acceptors (Lipinski definition) is 3. The third-order valence-corrected chi connectivity index (χ3v) is 4.47. The molecule has 0 fully saturated rings. The normalized spacial score (nSPS) is 18.5. The van der Waals surface area contributed by atoms with Crippen LogP contribution in [0.2, 0.25) is 0 Å². The maximum atomic E-state index is 13.6. The number of amides is 1. The lowest BCUT2D eigenvalue weighted by atomic mass is 9.90. The van der Waals surface area contributed by atoms with Gasteiger partial charge in [0.2, 0.25) is 0 Å². The van der Waals surface area contributed by atoms with Crippen molar-refractivity contribution in [1.82, 2.24) is 4.98 Å². The first kappa shape index (κ1) is 16.1. The number of benzene rings is 2. The van der Waals surface area contributed by atoms with Gasteiger partial charge in [-0.3, -0.25) is 9.78 Å². The van der Waals surface area contributed by atoms with Gasteiger partial charge in [0.15, 0.2) is 0 Å². The summed E-state index contributed by atoms with van der Waals surface area (Å²) in [4.78, 5) is 19.8. The minimum Gasteiger partial charge on any atom is -0.466 e. The summed E-state index contributed by atoms with van der Waals surface area (Å²) in [6.45, 7) is 4.19. The fraction of sp³-hybridized carbons (Fsp3) is 0.0909. The lowest BCUT2D eigenvalue weighted by Crippen LogP contribution is -2.46. The zero-order chi connectivity index (χ0) is 18.0. The molecule has 1 atom stereocenters. The summed E-state index contributed by atoms with van der Waals surface area (Å²) in [5.41, 5.74) is 0.851. The van der Waals surface area contributed by atoms with Crippen molar-refractivity contribution >= 4 is 11.6 Å². The van der Waals surface area contributed by atoms with E-state index < -0.39 is 5.60 Å². The Morgan fingerprint density at radius 3 is 2.46 bits per heavy atom. The Hall–Kier alpha value is -3.40. The van der Waals surface area contributed by atoms with Gasteiger partial charge >= 0.3 is 0 Å². The van der Waals surface area contributed by atoms with Crippen molar-refractivity contribution in [1.29, 1.82) is 0 Å². The summed E-state index contributed by atoms with van der Waals surface area (Å²) in [5, 5.41) is 0. The lowest BCUT2D eigenvalue weighted by Gasteiger charge is -2.29. The molecule has 4 heteroatoms. The van der Waals surface area contributed by atoms with Gasteiger partial charge in [-0.25, -0.2) is 0 Å². The highest BCUT2D eigenvalue weighted by atomic mass is 16.5. The molecule has 2 aromatic carbocycles. The van der Waals surface area contributed by atoms with E-state index in [4.69, 9.17) is 4.74 Å². The summed E-state index contributed by atoms with van der Waals surface area (Å²) >= 11 is 0. The van der Waals surface area contributed by atoms with E-state index in [0.29, 0.717) is 18.0 Å². The van der Waals surface area contributed by atoms with E-state index in [-0.39, 0.29) is 5.91 Å². The number of pyridine rings is 1. The fourth-order valence-electron chi connectivity index (χ4n) is 3.37. The van der Waals surface area contributed by atoms with Crippen LogP contribution in [0.25, 0.3) is 0 Å². The third kappa shape index (κ3) is 2.39. The molecule has 0 unspecified atom stereocenters. The van der Waals surface area contributed by atoms with Crippen LogP contribution in [-0.4, -0.2) is 17.4 Å². The summed E-state index contributed by atoms with van der Waals surface area (Å²) in [6, 6.07) is 22.6. The zero-order valence-electron chi connectivity index (χ0n) is 14.2. The first-order valence-electron chi connectivity index (χ1n) is 8.45. The summed E-state index contributed by atoms with van der Waals surface area (Å²) in [7, 11) is 0. The van der Waals surface area contributed by atoms with Crippen molar-refractivity contribution < 1.29 is 9.53 Å². The van der Waals surface area contributed by atoms with Crippen molar-refractivity contribution in [2.75, 3.05) is 11.4 Å². The average Bonchev–Trinajstić information content (AvgIpc) is 2.93. The quantitative estimate of drug-likeness (QED) is 0.660. The average molecular weight is 342 g/mol. The molecule has 1 aliphatic rings. The van der Waals surface area contributed by atoms with Gasteiger partial charge in [-0.1, -0.05) is 48.5 Å². The van der Waals surface area contributed by atoms with Gasteiger partial charge in [0.1, 0.15) is 5.75 Å². The van der Waals surface area contributed by atoms with Crippen LogP contribution in [-0.2, 0) is 10.4 Å². The van der Waals surface area contributed by atoms with Gasteiger partial charge in [-0.05, 0) is 30.3 Å². The van der Waals surface area contributed by atoms with Crippen molar-refractivity contribution in [3.8, 4) is 5.75 Å². The summed E-state index contributed by atoms with van der Waals surface area (Å²) in [5.74, 6) is 0.447. The smallest absolute Gasteiger partial charge is 0.282 e. The molecule has 0 radical (unpaired) electrons. The molecule has 3 aromatic rings. The number of hydrogen-bond donors (Lipinski definition) is 0. The Bertz CT molecular complexity index is 941. The van der Waals surface area contributed by atoms with Gasteiger partial charge in [0.05, 0.1) is 11.4 Å². The second kappa shape index (κ2) is 6.48. The van der Waals surface area contributed by atoms with Crippen molar-refractivity contribution in [3.63, 3.8) is 0 Å². The molecule has 0 spiro atoms. The first-order valence-corrected chi connectivity index (χ1v) is 8.45. The number of anilines is 1. The van der Waals surface area contributed by atoms with Crippen LogP contribution in [0.15, 0.2) is 91.6 Å². The number of para-hydroxylation sites is 2. The van der Waals surface area contributed by atoms with E-state index >= 15 is 0 Å². The first-order chi connectivity index (χ1) is 12.8. The van der Waals surface area contributed by atoms with Crippen LogP contribution >= 0.6 is 0 Å². The molecular formula is C22H18N2O2. The third-order valence-electron chi connectivity index (χ3n) is 4.47. The van der Waals surface area contributed by atoms with Crippen LogP contribution in [0.4, 0.5) is 5.69 Å². The van der Waals surface area contributed by atoms with Crippen LogP contribution in [0.5, 0.6) is 5.75 Å². The molecule has 0 bridgehead atoms. The topological polar surface area (TPSA) is 42.4 Å². The molecule has 0 aliphatic carbocycles. The number of fused-ring (bicyclic) bond motifs is 1. The van der Waals surface area contributed by atoms with Crippen LogP contribution < -0.4 is 9.64 Å². The van der Waals surface area contributed by atoms with Gasteiger partial charge in [0.25, 0.3) is 11.5 Å². The Morgan fingerprint density at radius 2 is 1.73 bits per heavy atom. The molecule has 1 aliphatic heterocycles. The van der Waals surface area contributed by atoms with E-state index in [1.165, 1.54) is 0 Å². The number of aromatic nitrogens is 1. The lowest BCUT2D eigenvalue weighted by molar-refractivity contribution is -0.130. The number of carbonyl (C=O) groups is 1. The number of nitrogens with zero attached hydrogens (tertiary/aromatic N) is 2. The fourth-order valence-corrected chi connectivity index (χ4v) is 3.37. The molecule has 0 saturated heterocycles. The van der Waals surface area contributed by atoms with Gasteiger partial charge < -0.3 is 9.64 Å². The van der Waals surface area contributed by atoms with Crippen LogP contribution in [0.1, 0.15) is 11.3 Å². The standard InChI is InChI=1S/C22H18N2O2/c1-2-16-24-19-13-7-6-12-18(19)22(21(24)25,20-14-8-9-15-23-20)26-17-10-4-3-5-11-17/h2-15H,1,16H2/t22-/m1/s1. The highest BCUT2D eigenvalue weighted by Crippen LogP contribution is 2.46. The largest absolute Gasteiger partial charge is 0.466 e. The van der Waals surface area contributed by atoms with Crippen LogP contribution in [0, 0.1) is 0 Å². The molecule has 2 heterocycles. The van der Waals surface area contributed by atoms with E-state index in [1.54, 1.807) is 17.2 Å². The van der Waals surface area contributed by atoms with Gasteiger partial charge in [-0.15, -0.1) is 6.58 Å². The van der Waals surface area contributed by atoms with Crippen molar-refractivity contribution in [3.05, 3.63) is 103 Å². The second-order valence-corrected chi connectivity index (χ2v) is 6.03. The zero-order valence-corrected chi connectivity index (χ0v) is 14.2. The number of carbonyl (C=O) groups excluding carboxylic acids is 1. The van der Waals surface area contributed by atoms with Gasteiger partial charge in [-0.2, -0.15) is 0 Å². The maximum absolute atomic E-state index is 13.6. The Balaban J connectivity index is 1.96. The predicted molar refractivity (Wildman–Crippen MR) is 101 cm³/mol. The molecule has 26 heavy (non-hydrogen) atoms. The van der Waals surface area contributed by atoms with Crippen molar-refractivity contribution in [2.24, 2.45) is 0 Å². The van der Waals surface area contributed by atoms with Gasteiger partial charge in [0, 0.05) is 18.3 Å². The second-order valence-electron chi connectivity index (χ2n) is 6.03. The highest BCUT2D eigenvalue weighted by molar-refractivity contribution is 6.09. The van der Waals surface area contributed by atoms with E-state index in [2.05, 4.69) is 11.6 Å². The van der Waals surface area contributed by atoms with Crippen LogP contribution in [0.3, 0.4) is 0 Å². The molecule has 4 rings (SSSR count). The molecule has 128 valence electrons. The Labute approximate surface area is 152 Å². The predicted octanol–water partition coefficient (Wildman–Crippen LogP) is 3.94. The molecule has 0 N–H and O–H groups in total. The number of rotatable bonds is 5. The Morgan fingerprint density at radius 1 is 1.00 bits per heavy atom. The van der Waals surface area contributed by atoms with E-state index in [1.807, 2.05) is 72.8 Å². The number of ether oxygens (including phenoxy) is 1. The molecular weight excluding hydrogens is 324 g/mol. The highest BCUT2D eigenvalue weighted by Gasteiger charge is 2.55. The minimum absolute atomic E-state index is 0.166.